The zero-order valence-corrected chi connectivity index (χ0v) is 9.24. The number of aliphatic hydroxyl groups excluding tert-OH is 1. The van der Waals surface area contributed by atoms with Crippen LogP contribution in [0.4, 0.5) is 0 Å². The van der Waals surface area contributed by atoms with E-state index in [1.54, 1.807) is 0 Å². The van der Waals surface area contributed by atoms with Gasteiger partial charge in [-0.3, -0.25) is 0 Å². The van der Waals surface area contributed by atoms with Crippen molar-refractivity contribution in [1.82, 2.24) is 0 Å². The van der Waals surface area contributed by atoms with Crippen LogP contribution in [0.15, 0.2) is 54.6 Å². The Balaban J connectivity index is 2.40. The lowest BCUT2D eigenvalue weighted by atomic mass is 10.0. The molecule has 0 bridgehead atoms. The summed E-state index contributed by atoms with van der Waals surface area (Å²) >= 11 is 0. The van der Waals surface area contributed by atoms with E-state index in [4.69, 9.17) is 10.6 Å². The lowest BCUT2D eigenvalue weighted by Crippen LogP contribution is -2.04. The summed E-state index contributed by atoms with van der Waals surface area (Å²) in [5, 5.41) is 8.96. The number of hydrogen-bond acceptors (Lipinski definition) is 1. The van der Waals surface area contributed by atoms with E-state index in [-0.39, 0.29) is 6.61 Å². The number of hydrogen-bond donors (Lipinski definition) is 1. The molecule has 0 atom stereocenters. The molecule has 2 rings (SSSR count). The van der Waals surface area contributed by atoms with Gasteiger partial charge in [0.1, 0.15) is 0 Å². The van der Waals surface area contributed by atoms with E-state index in [9.17, 15) is 0 Å². The molecule has 0 unspecified atom stereocenters. The standard InChI is InChI=1S/C14H12N2O/c15-16-14(12-4-2-1-3-5-12)13-8-6-11(10-17)7-9-13/h1-9,17H,10H2. The fourth-order valence-electron chi connectivity index (χ4n) is 1.65. The maximum absolute atomic E-state index is 9.10. The predicted molar refractivity (Wildman–Crippen MR) is 65.6 cm³/mol. The molecule has 3 nitrogen and oxygen atoms in total. The first-order valence-corrected chi connectivity index (χ1v) is 5.33. The number of nitrogens with zero attached hydrogens (tertiary/aromatic N) is 2. The maximum Gasteiger partial charge on any atom is 0.329 e. The SMILES string of the molecule is [N-]=[N+]=C(c1ccccc1)c1ccc(CO)cc1. The Morgan fingerprint density at radius 2 is 1.53 bits per heavy atom. The molecule has 84 valence electrons. The molecule has 0 aliphatic heterocycles. The second-order valence-corrected chi connectivity index (χ2v) is 3.67. The van der Waals surface area contributed by atoms with Crippen LogP contribution in [0.5, 0.6) is 0 Å². The molecular weight excluding hydrogens is 212 g/mol. The van der Waals surface area contributed by atoms with Gasteiger partial charge in [-0.05, 0) is 29.8 Å². The molecule has 17 heavy (non-hydrogen) atoms. The largest absolute Gasteiger partial charge is 0.392 e. The van der Waals surface area contributed by atoms with Gasteiger partial charge >= 0.3 is 5.71 Å². The highest BCUT2D eigenvalue weighted by atomic mass is 16.3. The number of aliphatic hydroxyl groups is 1. The summed E-state index contributed by atoms with van der Waals surface area (Å²) < 4.78 is 0. The van der Waals surface area contributed by atoms with E-state index in [0.29, 0.717) is 5.71 Å². The first-order chi connectivity index (χ1) is 8.35. The van der Waals surface area contributed by atoms with Crippen LogP contribution < -0.4 is 0 Å². The highest BCUT2D eigenvalue weighted by molar-refractivity contribution is 6.09. The van der Waals surface area contributed by atoms with E-state index in [1.807, 2.05) is 54.6 Å². The average Bonchev–Trinajstić information content (AvgIpc) is 2.42. The van der Waals surface area contributed by atoms with Crippen LogP contribution in [0.1, 0.15) is 16.7 Å². The van der Waals surface area contributed by atoms with Gasteiger partial charge < -0.3 is 10.6 Å². The van der Waals surface area contributed by atoms with Gasteiger partial charge in [0.25, 0.3) is 0 Å². The third-order valence-electron chi connectivity index (χ3n) is 2.56. The topological polar surface area (TPSA) is 56.6 Å². The lowest BCUT2D eigenvalue weighted by Gasteiger charge is -1.99. The average molecular weight is 224 g/mol. The first-order valence-electron chi connectivity index (χ1n) is 5.33. The molecule has 0 amide bonds. The van der Waals surface area contributed by atoms with Gasteiger partial charge in [0.2, 0.25) is 0 Å². The monoisotopic (exact) mass is 224 g/mol. The van der Waals surface area contributed by atoms with E-state index in [0.717, 1.165) is 16.7 Å². The fraction of sp³-hybridized carbons (Fsp3) is 0.0714. The smallest absolute Gasteiger partial charge is 0.329 e. The molecule has 2 aromatic carbocycles. The molecule has 0 heterocycles. The fourth-order valence-corrected chi connectivity index (χ4v) is 1.65. The second kappa shape index (κ2) is 5.21. The van der Waals surface area contributed by atoms with Crippen LogP contribution in [-0.2, 0) is 6.61 Å². The van der Waals surface area contributed by atoms with Crippen LogP contribution in [0.2, 0.25) is 0 Å². The highest BCUT2D eigenvalue weighted by Crippen LogP contribution is 2.10. The van der Waals surface area contributed by atoms with Crippen LogP contribution in [0, 0.1) is 0 Å². The molecule has 0 spiro atoms. The third-order valence-corrected chi connectivity index (χ3v) is 2.56. The van der Waals surface area contributed by atoms with Crippen molar-refractivity contribution in [2.45, 2.75) is 6.61 Å². The summed E-state index contributed by atoms with van der Waals surface area (Å²) in [6.45, 7) is 0.0111. The van der Waals surface area contributed by atoms with Gasteiger partial charge in [0.05, 0.1) is 17.7 Å². The molecule has 0 saturated carbocycles. The molecule has 0 radical (unpaired) electrons. The summed E-state index contributed by atoms with van der Waals surface area (Å²) in [4.78, 5) is 3.34. The molecular formula is C14H12N2O. The van der Waals surface area contributed by atoms with E-state index >= 15 is 0 Å². The van der Waals surface area contributed by atoms with Crippen LogP contribution in [0.3, 0.4) is 0 Å². The van der Waals surface area contributed by atoms with Gasteiger partial charge in [-0.15, -0.1) is 0 Å². The van der Waals surface area contributed by atoms with Gasteiger partial charge in [-0.25, -0.2) is 0 Å². The van der Waals surface area contributed by atoms with Gasteiger partial charge in [0.15, 0.2) is 0 Å². The Bertz CT molecular complexity index is 540. The van der Waals surface area contributed by atoms with Crippen molar-refractivity contribution < 1.29 is 9.90 Å². The van der Waals surface area contributed by atoms with Gasteiger partial charge in [-0.2, -0.15) is 4.79 Å². The highest BCUT2D eigenvalue weighted by Gasteiger charge is 2.14. The molecule has 3 heteroatoms. The van der Waals surface area contributed by atoms with Crippen molar-refractivity contribution in [1.29, 1.82) is 0 Å². The first kappa shape index (κ1) is 11.3. The Hall–Kier alpha value is -2.22. The normalized spacial score (nSPS) is 9.71. The minimum atomic E-state index is 0.0111. The van der Waals surface area contributed by atoms with Crippen molar-refractivity contribution in [2.24, 2.45) is 0 Å². The van der Waals surface area contributed by atoms with Gasteiger partial charge in [-0.1, -0.05) is 30.3 Å². The summed E-state index contributed by atoms with van der Waals surface area (Å²) in [7, 11) is 0. The minimum absolute atomic E-state index is 0.0111. The quantitative estimate of drug-likeness (QED) is 0.485. The Morgan fingerprint density at radius 3 is 2.06 bits per heavy atom. The van der Waals surface area contributed by atoms with Gasteiger partial charge in [0, 0.05) is 0 Å². The molecule has 0 aliphatic rings. The minimum Gasteiger partial charge on any atom is -0.392 e. The number of rotatable bonds is 3. The Morgan fingerprint density at radius 1 is 0.941 bits per heavy atom. The predicted octanol–water partition coefficient (Wildman–Crippen LogP) is 2.25. The summed E-state index contributed by atoms with van der Waals surface area (Å²) in [6, 6.07) is 16.7. The molecule has 0 aliphatic carbocycles. The Labute approximate surface area is 99.6 Å². The van der Waals surface area contributed by atoms with Crippen molar-refractivity contribution in [3.63, 3.8) is 0 Å². The molecule has 0 aromatic heterocycles. The molecule has 0 saturated heterocycles. The van der Waals surface area contributed by atoms with Crippen LogP contribution >= 0.6 is 0 Å². The van der Waals surface area contributed by atoms with Crippen molar-refractivity contribution in [3.05, 3.63) is 76.8 Å². The molecule has 0 fully saturated rings. The maximum atomic E-state index is 9.10. The van der Waals surface area contributed by atoms with Crippen molar-refractivity contribution in [3.8, 4) is 0 Å². The van der Waals surface area contributed by atoms with E-state index in [1.165, 1.54) is 0 Å². The van der Waals surface area contributed by atoms with E-state index in [2.05, 4.69) is 4.79 Å². The zero-order valence-electron chi connectivity index (χ0n) is 9.24. The Kier molecular flexibility index (Phi) is 3.46. The molecule has 2 aromatic rings. The van der Waals surface area contributed by atoms with Crippen molar-refractivity contribution >= 4 is 5.71 Å². The zero-order chi connectivity index (χ0) is 12.1. The molecule has 1 N–H and O–H groups in total. The van der Waals surface area contributed by atoms with E-state index < -0.39 is 0 Å². The second-order valence-electron chi connectivity index (χ2n) is 3.67. The summed E-state index contributed by atoms with van der Waals surface area (Å²) in [5.41, 5.74) is 12.1. The lowest BCUT2D eigenvalue weighted by molar-refractivity contribution is -0.00279. The van der Waals surface area contributed by atoms with Crippen molar-refractivity contribution in [2.75, 3.05) is 0 Å². The van der Waals surface area contributed by atoms with Crippen LogP contribution in [-0.4, -0.2) is 15.6 Å². The number of benzene rings is 2. The van der Waals surface area contributed by atoms with Crippen LogP contribution in [0.25, 0.3) is 5.53 Å². The summed E-state index contributed by atoms with van der Waals surface area (Å²) in [6.07, 6.45) is 0. The third kappa shape index (κ3) is 2.48. The summed E-state index contributed by atoms with van der Waals surface area (Å²) in [5.74, 6) is 0.